The molecule has 4 heterocycles. The molecule has 3 aromatic carbocycles. The second kappa shape index (κ2) is 13.8. The third kappa shape index (κ3) is 6.24. The number of piperidine rings is 1. The number of aromatic nitrogens is 8. The van der Waals surface area contributed by atoms with Crippen LogP contribution in [0.25, 0.3) is 22.8 Å². The number of methoxy groups -OCH3 is 1. The first-order valence-corrected chi connectivity index (χ1v) is 19.7. The molecule has 0 amide bonds. The summed E-state index contributed by atoms with van der Waals surface area (Å²) in [5.74, 6) is 1.36. The van der Waals surface area contributed by atoms with Crippen LogP contribution in [0, 0.1) is 5.92 Å². The molecule has 1 saturated heterocycles. The van der Waals surface area contributed by atoms with Crippen molar-refractivity contribution in [2.45, 2.75) is 102 Å². The fourth-order valence-corrected chi connectivity index (χ4v) is 9.07. The van der Waals surface area contributed by atoms with Crippen molar-refractivity contribution < 1.29 is 23.7 Å². The minimum Gasteiger partial charge on any atom is -0.464 e. The molecule has 14 heteroatoms. The first-order chi connectivity index (χ1) is 27.3. The van der Waals surface area contributed by atoms with Crippen molar-refractivity contribution in [2.24, 2.45) is 5.92 Å². The second-order valence-electron chi connectivity index (χ2n) is 17.7. The van der Waals surface area contributed by atoms with Gasteiger partial charge in [-0.3, -0.25) is 0 Å². The Kier molecular flexibility index (Phi) is 9.11. The topological polar surface area (TPSA) is 137 Å². The zero-order valence-electron chi connectivity index (χ0n) is 34.0. The average Bonchev–Trinajstić information content (AvgIpc) is 3.95. The maximum Gasteiger partial charge on any atom is 0.251 e. The lowest BCUT2D eigenvalue weighted by molar-refractivity contribution is -0.292. The number of rotatable bonds is 11. The van der Waals surface area contributed by atoms with Crippen LogP contribution >= 0.6 is 0 Å². The monoisotopic (exact) mass is 773 g/mol. The molecular weight excluding hydrogens is 723 g/mol. The molecule has 5 atom stereocenters. The minimum absolute atomic E-state index is 0.0956. The quantitative estimate of drug-likeness (QED) is 0.114. The molecule has 14 nitrogen and oxygen atoms in total. The van der Waals surface area contributed by atoms with Gasteiger partial charge < -0.3 is 28.6 Å². The summed E-state index contributed by atoms with van der Waals surface area (Å²) in [6.07, 6.45) is 5.65. The van der Waals surface area contributed by atoms with Crippen LogP contribution in [-0.4, -0.2) is 90.7 Å². The van der Waals surface area contributed by atoms with Gasteiger partial charge in [-0.25, -0.2) is 0 Å². The highest BCUT2D eigenvalue weighted by Crippen LogP contribution is 2.67. The van der Waals surface area contributed by atoms with Crippen LogP contribution in [0.2, 0.25) is 0 Å². The molecule has 2 aliphatic heterocycles. The van der Waals surface area contributed by atoms with E-state index in [1.54, 1.807) is 16.7 Å². The number of hydrogen-bond donors (Lipinski definition) is 0. The first kappa shape index (κ1) is 37.6. The largest absolute Gasteiger partial charge is 0.464 e. The summed E-state index contributed by atoms with van der Waals surface area (Å²) in [7, 11) is 3.85. The SMILES string of the molecule is COCOc1ccc2c3c1OC1(OCc4cccc(-c5nnn(C(C)(C)C)n5)c4)C(OCc4cccc(-c5nnn(C(C)(C)C)n5)c4)C=C[C@H]4[C@@H](C2)N(C)CC[C@@]341. The zero-order valence-corrected chi connectivity index (χ0v) is 34.0. The van der Waals surface area contributed by atoms with Crippen molar-refractivity contribution >= 4 is 0 Å². The van der Waals surface area contributed by atoms with Gasteiger partial charge in [0.25, 0.3) is 5.79 Å². The van der Waals surface area contributed by atoms with E-state index in [1.165, 1.54) is 5.56 Å². The van der Waals surface area contributed by atoms with E-state index in [4.69, 9.17) is 28.8 Å². The Morgan fingerprint density at radius 1 is 0.825 bits per heavy atom. The van der Waals surface area contributed by atoms with Gasteiger partial charge in [0.05, 0.1) is 29.7 Å². The van der Waals surface area contributed by atoms with Crippen molar-refractivity contribution in [2.75, 3.05) is 27.5 Å². The highest BCUT2D eigenvalue weighted by molar-refractivity contribution is 5.63. The summed E-state index contributed by atoms with van der Waals surface area (Å²) in [6, 6.07) is 20.7. The Bertz CT molecular complexity index is 2330. The van der Waals surface area contributed by atoms with Crippen molar-refractivity contribution in [3.8, 4) is 34.3 Å². The van der Waals surface area contributed by atoms with Gasteiger partial charge in [0.2, 0.25) is 11.6 Å². The summed E-state index contributed by atoms with van der Waals surface area (Å²) in [4.78, 5) is 5.77. The van der Waals surface area contributed by atoms with E-state index in [1.807, 2.05) is 51.1 Å². The van der Waals surface area contributed by atoms with Gasteiger partial charge in [-0.2, -0.15) is 9.59 Å². The zero-order chi connectivity index (χ0) is 39.7. The Labute approximate surface area is 333 Å². The summed E-state index contributed by atoms with van der Waals surface area (Å²) in [5, 5.41) is 26.7. The van der Waals surface area contributed by atoms with E-state index in [-0.39, 0.29) is 36.4 Å². The van der Waals surface area contributed by atoms with E-state index < -0.39 is 17.3 Å². The molecule has 2 aliphatic carbocycles. The van der Waals surface area contributed by atoms with Gasteiger partial charge in [-0.05, 0) is 113 Å². The van der Waals surface area contributed by atoms with Crippen LogP contribution in [0.3, 0.4) is 0 Å². The van der Waals surface area contributed by atoms with Gasteiger partial charge in [0.1, 0.15) is 6.10 Å². The summed E-state index contributed by atoms with van der Waals surface area (Å²) >= 11 is 0. The Morgan fingerprint density at radius 3 is 2.09 bits per heavy atom. The molecule has 9 rings (SSSR count). The van der Waals surface area contributed by atoms with Crippen molar-refractivity contribution in [3.05, 3.63) is 95.1 Å². The Morgan fingerprint density at radius 2 is 1.47 bits per heavy atom. The smallest absolute Gasteiger partial charge is 0.251 e. The first-order valence-electron chi connectivity index (χ1n) is 19.7. The molecule has 1 fully saturated rings. The van der Waals surface area contributed by atoms with E-state index in [2.05, 4.69) is 101 Å². The van der Waals surface area contributed by atoms with Crippen LogP contribution < -0.4 is 9.47 Å². The number of ether oxygens (including phenoxy) is 5. The molecule has 4 aliphatic rings. The highest BCUT2D eigenvalue weighted by atomic mass is 16.7. The van der Waals surface area contributed by atoms with E-state index in [0.717, 1.165) is 47.2 Å². The molecule has 2 bridgehead atoms. The molecule has 0 radical (unpaired) electrons. The standard InChI is InChI=1S/C43H51N9O5/c1-40(2,3)51-46-38(44-48-51)30-13-9-11-27(21-30)24-54-35-18-16-32-33-23-29-15-17-34(55-26-53-8)37-36(29)42(32,19-20-50(33)7)43(35,57-37)56-25-28-12-10-14-31(22-28)39-45-49-52(47-39)41(4,5)6/h9-18,21-22,32-33,35H,19-20,23-26H2,1-8H3/t32-,33+,35?,42-,43?/m0/s1. The van der Waals surface area contributed by atoms with E-state index in [0.29, 0.717) is 29.8 Å². The number of nitrogens with zero attached hydrogens (tertiary/aromatic N) is 9. The molecule has 2 unspecified atom stereocenters. The van der Waals surface area contributed by atoms with Crippen LogP contribution in [0.5, 0.6) is 11.5 Å². The molecule has 0 N–H and O–H groups in total. The summed E-state index contributed by atoms with van der Waals surface area (Å²) in [6.45, 7) is 13.8. The summed E-state index contributed by atoms with van der Waals surface area (Å²) < 4.78 is 33.3. The third-order valence-corrected chi connectivity index (χ3v) is 11.8. The normalized spacial score (nSPS) is 25.0. The lowest BCUT2D eigenvalue weighted by Crippen LogP contribution is -2.72. The van der Waals surface area contributed by atoms with Gasteiger partial charge in [-0.15, -0.1) is 20.4 Å². The summed E-state index contributed by atoms with van der Waals surface area (Å²) in [5.41, 5.74) is 4.94. The maximum absolute atomic E-state index is 7.38. The predicted octanol–water partition coefficient (Wildman–Crippen LogP) is 6.06. The minimum atomic E-state index is -1.23. The van der Waals surface area contributed by atoms with Crippen LogP contribution in [0.1, 0.15) is 70.2 Å². The molecule has 0 saturated carbocycles. The number of tetrazole rings is 2. The molecule has 57 heavy (non-hydrogen) atoms. The fraction of sp³-hybridized carbons (Fsp3) is 0.488. The Hall–Kier alpha value is -5.02. The van der Waals surface area contributed by atoms with Crippen LogP contribution in [-0.2, 0) is 50.3 Å². The van der Waals surface area contributed by atoms with Crippen molar-refractivity contribution in [1.82, 2.24) is 45.3 Å². The predicted molar refractivity (Wildman–Crippen MR) is 211 cm³/mol. The lowest BCUT2D eigenvalue weighted by atomic mass is 9.52. The number of benzene rings is 3. The molecule has 1 spiro atoms. The number of hydrogen-bond acceptors (Lipinski definition) is 12. The number of likely N-dealkylation sites (tertiary alicyclic amines) is 1. The van der Waals surface area contributed by atoms with Gasteiger partial charge in [-0.1, -0.05) is 54.6 Å². The van der Waals surface area contributed by atoms with Gasteiger partial charge in [0.15, 0.2) is 18.3 Å². The molecule has 2 aromatic heterocycles. The molecule has 5 aromatic rings. The highest BCUT2D eigenvalue weighted by Gasteiger charge is 2.74. The molecule has 298 valence electrons. The van der Waals surface area contributed by atoms with Crippen LogP contribution in [0.15, 0.2) is 72.8 Å². The Balaban J connectivity index is 1.10. The van der Waals surface area contributed by atoms with Crippen LogP contribution in [0.4, 0.5) is 0 Å². The second-order valence-corrected chi connectivity index (χ2v) is 17.7. The van der Waals surface area contributed by atoms with Gasteiger partial charge >= 0.3 is 0 Å². The maximum atomic E-state index is 7.38. The average molecular weight is 774 g/mol. The van der Waals surface area contributed by atoms with E-state index in [9.17, 15) is 0 Å². The van der Waals surface area contributed by atoms with Gasteiger partial charge in [0, 0.05) is 35.8 Å². The van der Waals surface area contributed by atoms with E-state index >= 15 is 0 Å². The van der Waals surface area contributed by atoms with Crippen molar-refractivity contribution in [1.29, 1.82) is 0 Å². The molecular formula is C43H51N9O5. The lowest BCUT2D eigenvalue weighted by Gasteiger charge is -2.60. The fourth-order valence-electron chi connectivity index (χ4n) is 9.07. The number of likely N-dealkylation sites (N-methyl/N-ethyl adjacent to an activating group) is 1. The third-order valence-electron chi connectivity index (χ3n) is 11.8. The van der Waals surface area contributed by atoms with Crippen molar-refractivity contribution in [3.63, 3.8) is 0 Å².